The Balaban J connectivity index is 2.24. The Morgan fingerprint density at radius 3 is 2.47 bits per heavy atom. The summed E-state index contributed by atoms with van der Waals surface area (Å²) in [5.41, 5.74) is 3.14. The molecule has 2 heterocycles. The number of rotatable bonds is 3. The SMILES string of the molecule is CC(C)C(=O)c1cc2c(cn1)CN(C(C)C)C2. The van der Waals surface area contributed by atoms with Crippen LogP contribution in [0.15, 0.2) is 12.3 Å². The van der Waals surface area contributed by atoms with Crippen LogP contribution in [0.3, 0.4) is 0 Å². The Bertz CT molecular complexity index is 438. The van der Waals surface area contributed by atoms with Gasteiger partial charge in [0.05, 0.1) is 0 Å². The topological polar surface area (TPSA) is 33.2 Å². The summed E-state index contributed by atoms with van der Waals surface area (Å²) in [6.07, 6.45) is 1.87. The van der Waals surface area contributed by atoms with Crippen LogP contribution in [0.25, 0.3) is 0 Å². The lowest BCUT2D eigenvalue weighted by molar-refractivity contribution is 0.0934. The number of carbonyl (C=O) groups is 1. The highest BCUT2D eigenvalue weighted by Crippen LogP contribution is 2.24. The van der Waals surface area contributed by atoms with Gasteiger partial charge in [0, 0.05) is 31.2 Å². The third-order valence-corrected chi connectivity index (χ3v) is 3.34. The molecule has 1 aromatic rings. The molecule has 0 radical (unpaired) electrons. The van der Waals surface area contributed by atoms with E-state index in [1.165, 1.54) is 11.1 Å². The van der Waals surface area contributed by atoms with E-state index in [1.807, 2.05) is 26.1 Å². The summed E-state index contributed by atoms with van der Waals surface area (Å²) in [6, 6.07) is 2.51. The van der Waals surface area contributed by atoms with E-state index in [-0.39, 0.29) is 11.7 Å². The molecule has 1 aromatic heterocycles. The van der Waals surface area contributed by atoms with Gasteiger partial charge in [0.25, 0.3) is 0 Å². The number of carbonyl (C=O) groups excluding carboxylic acids is 1. The van der Waals surface area contributed by atoms with Crippen molar-refractivity contribution in [1.82, 2.24) is 9.88 Å². The largest absolute Gasteiger partial charge is 0.292 e. The molecule has 92 valence electrons. The van der Waals surface area contributed by atoms with E-state index in [0.717, 1.165) is 13.1 Å². The van der Waals surface area contributed by atoms with Gasteiger partial charge in [0.15, 0.2) is 5.78 Å². The van der Waals surface area contributed by atoms with Crippen LogP contribution >= 0.6 is 0 Å². The lowest BCUT2D eigenvalue weighted by Gasteiger charge is -2.18. The molecule has 0 amide bonds. The summed E-state index contributed by atoms with van der Waals surface area (Å²) in [4.78, 5) is 18.6. The zero-order valence-electron chi connectivity index (χ0n) is 11.0. The van der Waals surface area contributed by atoms with E-state index >= 15 is 0 Å². The van der Waals surface area contributed by atoms with Gasteiger partial charge < -0.3 is 0 Å². The second-order valence-corrected chi connectivity index (χ2v) is 5.36. The van der Waals surface area contributed by atoms with Crippen LogP contribution in [0.1, 0.15) is 49.3 Å². The van der Waals surface area contributed by atoms with Gasteiger partial charge in [0.1, 0.15) is 5.69 Å². The van der Waals surface area contributed by atoms with Gasteiger partial charge in [-0.3, -0.25) is 14.7 Å². The standard InChI is InChI=1S/C14H20N2O/c1-9(2)14(17)13-5-11-7-16(10(3)4)8-12(11)6-15-13/h5-6,9-10H,7-8H2,1-4H3. The number of hydrogen-bond donors (Lipinski definition) is 0. The second-order valence-electron chi connectivity index (χ2n) is 5.36. The molecule has 1 aliphatic rings. The third kappa shape index (κ3) is 2.39. The van der Waals surface area contributed by atoms with Gasteiger partial charge in [0.2, 0.25) is 0 Å². The fourth-order valence-electron chi connectivity index (χ4n) is 2.10. The molecule has 3 heteroatoms. The van der Waals surface area contributed by atoms with Crippen molar-refractivity contribution >= 4 is 5.78 Å². The van der Waals surface area contributed by atoms with Crippen LogP contribution in [-0.4, -0.2) is 21.7 Å². The molecule has 0 N–H and O–H groups in total. The summed E-state index contributed by atoms with van der Waals surface area (Å²) in [7, 11) is 0. The first-order chi connectivity index (χ1) is 7.99. The van der Waals surface area contributed by atoms with Gasteiger partial charge >= 0.3 is 0 Å². The minimum Gasteiger partial charge on any atom is -0.292 e. The van der Waals surface area contributed by atoms with E-state index in [4.69, 9.17) is 0 Å². The van der Waals surface area contributed by atoms with E-state index in [9.17, 15) is 4.79 Å². The van der Waals surface area contributed by atoms with Crippen molar-refractivity contribution in [1.29, 1.82) is 0 Å². The highest BCUT2D eigenvalue weighted by atomic mass is 16.1. The molecule has 0 unspecified atom stereocenters. The van der Waals surface area contributed by atoms with Crippen molar-refractivity contribution in [3.63, 3.8) is 0 Å². The fraction of sp³-hybridized carbons (Fsp3) is 0.571. The normalized spacial score (nSPS) is 15.6. The predicted molar refractivity (Wildman–Crippen MR) is 67.8 cm³/mol. The Hall–Kier alpha value is -1.22. The first-order valence-electron chi connectivity index (χ1n) is 6.25. The highest BCUT2D eigenvalue weighted by Gasteiger charge is 2.23. The first kappa shape index (κ1) is 12.2. The third-order valence-electron chi connectivity index (χ3n) is 3.34. The number of nitrogens with zero attached hydrogens (tertiary/aromatic N) is 2. The minimum absolute atomic E-state index is 0.0168. The zero-order valence-corrected chi connectivity index (χ0v) is 11.0. The number of Topliss-reactive ketones (excluding diaryl/α,β-unsaturated/α-hetero) is 1. The Kier molecular flexibility index (Phi) is 3.29. The monoisotopic (exact) mass is 232 g/mol. The smallest absolute Gasteiger partial charge is 0.183 e. The van der Waals surface area contributed by atoms with Crippen LogP contribution in [-0.2, 0) is 13.1 Å². The maximum atomic E-state index is 11.9. The van der Waals surface area contributed by atoms with Crippen molar-refractivity contribution < 1.29 is 4.79 Å². The van der Waals surface area contributed by atoms with Gasteiger partial charge in [-0.25, -0.2) is 0 Å². The minimum atomic E-state index is 0.0168. The quantitative estimate of drug-likeness (QED) is 0.751. The lowest BCUT2D eigenvalue weighted by Crippen LogP contribution is -2.24. The summed E-state index contributed by atoms with van der Waals surface area (Å²) >= 11 is 0. The van der Waals surface area contributed by atoms with Gasteiger partial charge in [-0.15, -0.1) is 0 Å². The summed E-state index contributed by atoms with van der Waals surface area (Å²) in [6.45, 7) is 10.1. The Morgan fingerprint density at radius 2 is 1.88 bits per heavy atom. The first-order valence-corrected chi connectivity index (χ1v) is 6.25. The average Bonchev–Trinajstić information content (AvgIpc) is 2.70. The molecule has 3 nitrogen and oxygen atoms in total. The molecule has 2 rings (SSSR count). The molecule has 0 saturated carbocycles. The Morgan fingerprint density at radius 1 is 1.24 bits per heavy atom. The van der Waals surface area contributed by atoms with Crippen LogP contribution in [0, 0.1) is 5.92 Å². The fourth-order valence-corrected chi connectivity index (χ4v) is 2.10. The molecule has 0 saturated heterocycles. The maximum Gasteiger partial charge on any atom is 0.183 e. The molecule has 1 aliphatic heterocycles. The number of fused-ring (bicyclic) bond motifs is 1. The average molecular weight is 232 g/mol. The number of pyridine rings is 1. The summed E-state index contributed by atoms with van der Waals surface area (Å²) < 4.78 is 0. The highest BCUT2D eigenvalue weighted by molar-refractivity contribution is 5.95. The van der Waals surface area contributed by atoms with E-state index in [1.54, 1.807) is 0 Å². The van der Waals surface area contributed by atoms with Crippen molar-refractivity contribution in [3.8, 4) is 0 Å². The molecule has 0 bridgehead atoms. The van der Waals surface area contributed by atoms with E-state index < -0.39 is 0 Å². The van der Waals surface area contributed by atoms with Crippen molar-refractivity contribution in [3.05, 3.63) is 29.1 Å². The van der Waals surface area contributed by atoms with Crippen LogP contribution in [0.2, 0.25) is 0 Å². The van der Waals surface area contributed by atoms with Crippen molar-refractivity contribution in [2.75, 3.05) is 0 Å². The zero-order chi connectivity index (χ0) is 12.6. The molecular weight excluding hydrogens is 212 g/mol. The molecule has 0 atom stereocenters. The Labute approximate surface area is 103 Å². The predicted octanol–water partition coefficient (Wildman–Crippen LogP) is 2.64. The molecule has 17 heavy (non-hydrogen) atoms. The summed E-state index contributed by atoms with van der Waals surface area (Å²) in [5, 5.41) is 0. The van der Waals surface area contributed by atoms with Gasteiger partial charge in [-0.1, -0.05) is 13.8 Å². The number of aromatic nitrogens is 1. The molecule has 0 fully saturated rings. The van der Waals surface area contributed by atoms with Crippen molar-refractivity contribution in [2.24, 2.45) is 5.92 Å². The lowest BCUT2D eigenvalue weighted by atomic mass is 10.0. The van der Waals surface area contributed by atoms with Gasteiger partial charge in [-0.2, -0.15) is 0 Å². The van der Waals surface area contributed by atoms with E-state index in [0.29, 0.717) is 11.7 Å². The van der Waals surface area contributed by atoms with Crippen LogP contribution < -0.4 is 0 Å². The van der Waals surface area contributed by atoms with Gasteiger partial charge in [-0.05, 0) is 31.0 Å². The maximum absolute atomic E-state index is 11.9. The molecular formula is C14H20N2O. The number of ketones is 1. The van der Waals surface area contributed by atoms with Crippen molar-refractivity contribution in [2.45, 2.75) is 46.8 Å². The summed E-state index contributed by atoms with van der Waals surface area (Å²) in [5.74, 6) is 0.152. The molecule has 0 aliphatic carbocycles. The molecule has 0 spiro atoms. The van der Waals surface area contributed by atoms with Crippen LogP contribution in [0.5, 0.6) is 0 Å². The van der Waals surface area contributed by atoms with Crippen LogP contribution in [0.4, 0.5) is 0 Å². The molecule has 0 aromatic carbocycles. The van der Waals surface area contributed by atoms with E-state index in [2.05, 4.69) is 23.7 Å². The second kappa shape index (κ2) is 4.57. The number of hydrogen-bond acceptors (Lipinski definition) is 3.